The van der Waals surface area contributed by atoms with Gasteiger partial charge in [0.15, 0.2) is 0 Å². The molecule has 1 heterocycles. The van der Waals surface area contributed by atoms with Gasteiger partial charge in [0.2, 0.25) is 0 Å². The summed E-state index contributed by atoms with van der Waals surface area (Å²) in [5.74, 6) is -0.462. The number of aromatic nitrogens is 1. The van der Waals surface area contributed by atoms with E-state index in [9.17, 15) is 9.59 Å². The van der Waals surface area contributed by atoms with Crippen LogP contribution in [0.2, 0.25) is 0 Å². The van der Waals surface area contributed by atoms with Crippen LogP contribution in [0.25, 0.3) is 5.69 Å². The molecule has 0 saturated carbocycles. The minimum Gasteiger partial charge on any atom is -0.465 e. The molecule has 0 bridgehead atoms. The molecule has 0 aliphatic heterocycles. The summed E-state index contributed by atoms with van der Waals surface area (Å²) in [6.45, 7) is 1.86. The van der Waals surface area contributed by atoms with Crippen molar-refractivity contribution >= 4 is 17.7 Å². The molecular formula is C15H17N3O3. The number of hydrogen-bond donors (Lipinski definition) is 2. The molecule has 6 heteroatoms. The van der Waals surface area contributed by atoms with Crippen LogP contribution in [0.5, 0.6) is 0 Å². The minimum atomic E-state index is -0.462. The molecule has 1 aromatic carbocycles. The van der Waals surface area contributed by atoms with E-state index in [1.54, 1.807) is 19.1 Å². The lowest BCUT2D eigenvalue weighted by molar-refractivity contribution is -0.141. The van der Waals surface area contributed by atoms with E-state index < -0.39 is 12.0 Å². The van der Waals surface area contributed by atoms with E-state index in [1.807, 2.05) is 41.2 Å². The molecule has 0 atom stereocenters. The summed E-state index contributed by atoms with van der Waals surface area (Å²) in [5.41, 5.74) is 1.64. The van der Waals surface area contributed by atoms with Crippen LogP contribution in [0.4, 0.5) is 10.5 Å². The molecule has 0 spiro atoms. The highest BCUT2D eigenvalue weighted by molar-refractivity contribution is 5.91. The Bertz CT molecular complexity index is 591. The number of nitrogens with one attached hydrogen (secondary N) is 2. The second kappa shape index (κ2) is 7.14. The molecule has 1 aromatic heterocycles. The van der Waals surface area contributed by atoms with Crippen molar-refractivity contribution in [3.8, 4) is 5.69 Å². The van der Waals surface area contributed by atoms with Crippen LogP contribution in [0.1, 0.15) is 6.92 Å². The number of rotatable bonds is 5. The molecule has 0 radical (unpaired) electrons. The number of hydrogen-bond acceptors (Lipinski definition) is 3. The van der Waals surface area contributed by atoms with Crippen LogP contribution in [0, 0.1) is 0 Å². The Labute approximate surface area is 122 Å². The summed E-state index contributed by atoms with van der Waals surface area (Å²) < 4.78 is 6.68. The topological polar surface area (TPSA) is 72.4 Å². The van der Waals surface area contributed by atoms with Crippen molar-refractivity contribution in [3.05, 3.63) is 48.8 Å². The number of nitrogens with zero attached hydrogens (tertiary/aromatic N) is 1. The Morgan fingerprint density at radius 2 is 1.81 bits per heavy atom. The molecule has 2 aromatic rings. The molecule has 0 aliphatic carbocycles. The highest BCUT2D eigenvalue weighted by Crippen LogP contribution is 2.13. The number of anilines is 1. The van der Waals surface area contributed by atoms with E-state index in [4.69, 9.17) is 4.74 Å². The van der Waals surface area contributed by atoms with Gasteiger partial charge in [-0.25, -0.2) is 4.79 Å². The van der Waals surface area contributed by atoms with Crippen molar-refractivity contribution in [2.24, 2.45) is 0 Å². The maximum absolute atomic E-state index is 11.6. The third-order valence-electron chi connectivity index (χ3n) is 2.73. The van der Waals surface area contributed by atoms with Gasteiger partial charge in [-0.15, -0.1) is 0 Å². The predicted molar refractivity (Wildman–Crippen MR) is 79.4 cm³/mol. The van der Waals surface area contributed by atoms with Crippen molar-refractivity contribution in [1.29, 1.82) is 0 Å². The summed E-state index contributed by atoms with van der Waals surface area (Å²) in [7, 11) is 0. The van der Waals surface area contributed by atoms with Gasteiger partial charge in [-0.2, -0.15) is 0 Å². The van der Waals surface area contributed by atoms with E-state index >= 15 is 0 Å². The number of urea groups is 1. The maximum Gasteiger partial charge on any atom is 0.325 e. The summed E-state index contributed by atoms with van der Waals surface area (Å²) in [6, 6.07) is 10.8. The van der Waals surface area contributed by atoms with Gasteiger partial charge in [-0.3, -0.25) is 4.79 Å². The molecule has 0 saturated heterocycles. The van der Waals surface area contributed by atoms with Gasteiger partial charge in [0.25, 0.3) is 0 Å². The zero-order valence-corrected chi connectivity index (χ0v) is 11.7. The van der Waals surface area contributed by atoms with Gasteiger partial charge in [0.05, 0.1) is 6.61 Å². The number of benzene rings is 1. The molecule has 2 amide bonds. The first-order valence-corrected chi connectivity index (χ1v) is 6.63. The molecule has 0 aliphatic rings. The average molecular weight is 287 g/mol. The van der Waals surface area contributed by atoms with E-state index in [2.05, 4.69) is 10.6 Å². The van der Waals surface area contributed by atoms with Crippen LogP contribution in [0.15, 0.2) is 48.8 Å². The molecule has 6 nitrogen and oxygen atoms in total. The summed E-state index contributed by atoms with van der Waals surface area (Å²) in [5, 5.41) is 5.07. The number of amides is 2. The summed E-state index contributed by atoms with van der Waals surface area (Å²) in [4.78, 5) is 22.7. The smallest absolute Gasteiger partial charge is 0.325 e. The van der Waals surface area contributed by atoms with Gasteiger partial charge >= 0.3 is 12.0 Å². The van der Waals surface area contributed by atoms with Gasteiger partial charge in [-0.1, -0.05) is 0 Å². The summed E-state index contributed by atoms with van der Waals surface area (Å²) in [6.07, 6.45) is 3.88. The lowest BCUT2D eigenvalue weighted by Crippen LogP contribution is -2.34. The summed E-state index contributed by atoms with van der Waals surface area (Å²) >= 11 is 0. The average Bonchev–Trinajstić information content (AvgIpc) is 3.00. The first-order chi connectivity index (χ1) is 10.2. The fourth-order valence-electron chi connectivity index (χ4n) is 1.76. The number of carbonyl (C=O) groups excluding carboxylic acids is 2. The minimum absolute atomic E-state index is 0.152. The molecule has 0 fully saturated rings. The van der Waals surface area contributed by atoms with E-state index in [1.165, 1.54) is 0 Å². The van der Waals surface area contributed by atoms with E-state index in [0.29, 0.717) is 12.3 Å². The lowest BCUT2D eigenvalue weighted by atomic mass is 10.3. The Balaban J connectivity index is 1.85. The van der Waals surface area contributed by atoms with Crippen LogP contribution < -0.4 is 10.6 Å². The first kappa shape index (κ1) is 14.6. The Morgan fingerprint density at radius 1 is 1.14 bits per heavy atom. The van der Waals surface area contributed by atoms with Crippen molar-refractivity contribution in [2.75, 3.05) is 18.5 Å². The zero-order valence-electron chi connectivity index (χ0n) is 11.7. The van der Waals surface area contributed by atoms with Crippen LogP contribution in [0.3, 0.4) is 0 Å². The molecule has 0 unspecified atom stereocenters. The third-order valence-corrected chi connectivity index (χ3v) is 2.73. The normalized spacial score (nSPS) is 9.95. The van der Waals surface area contributed by atoms with Crippen LogP contribution in [-0.2, 0) is 9.53 Å². The standard InChI is InChI=1S/C15H17N3O3/c1-2-21-14(19)11-16-15(20)17-12-5-7-13(8-6-12)18-9-3-4-10-18/h3-10H,2,11H2,1H3,(H2,16,17,20). The molecule has 2 N–H and O–H groups in total. The number of esters is 1. The fraction of sp³-hybridized carbons (Fsp3) is 0.200. The van der Waals surface area contributed by atoms with Crippen molar-refractivity contribution < 1.29 is 14.3 Å². The molecule has 21 heavy (non-hydrogen) atoms. The molecular weight excluding hydrogens is 270 g/mol. The van der Waals surface area contributed by atoms with Crippen LogP contribution >= 0.6 is 0 Å². The second-order valence-electron chi connectivity index (χ2n) is 4.25. The van der Waals surface area contributed by atoms with E-state index in [-0.39, 0.29) is 6.54 Å². The largest absolute Gasteiger partial charge is 0.465 e. The van der Waals surface area contributed by atoms with Crippen LogP contribution in [-0.4, -0.2) is 29.7 Å². The van der Waals surface area contributed by atoms with Gasteiger partial charge < -0.3 is 19.9 Å². The zero-order chi connectivity index (χ0) is 15.1. The Hall–Kier alpha value is -2.76. The molecule has 2 rings (SSSR count). The predicted octanol–water partition coefficient (Wildman–Crippen LogP) is 2.16. The van der Waals surface area contributed by atoms with Gasteiger partial charge in [-0.05, 0) is 43.3 Å². The second-order valence-corrected chi connectivity index (χ2v) is 4.25. The highest BCUT2D eigenvalue weighted by Gasteiger charge is 2.06. The van der Waals surface area contributed by atoms with Crippen molar-refractivity contribution in [2.45, 2.75) is 6.92 Å². The first-order valence-electron chi connectivity index (χ1n) is 6.63. The number of carbonyl (C=O) groups is 2. The fourth-order valence-corrected chi connectivity index (χ4v) is 1.76. The Morgan fingerprint density at radius 3 is 2.43 bits per heavy atom. The Kier molecular flexibility index (Phi) is 4.98. The quantitative estimate of drug-likeness (QED) is 0.828. The monoisotopic (exact) mass is 287 g/mol. The van der Waals surface area contributed by atoms with Gasteiger partial charge in [0.1, 0.15) is 6.54 Å². The third kappa shape index (κ3) is 4.38. The van der Waals surface area contributed by atoms with Crippen molar-refractivity contribution in [1.82, 2.24) is 9.88 Å². The van der Waals surface area contributed by atoms with Gasteiger partial charge in [0, 0.05) is 23.8 Å². The highest BCUT2D eigenvalue weighted by atomic mass is 16.5. The molecule has 110 valence electrons. The lowest BCUT2D eigenvalue weighted by Gasteiger charge is -2.08. The number of ether oxygens (including phenoxy) is 1. The SMILES string of the molecule is CCOC(=O)CNC(=O)Nc1ccc(-n2cccc2)cc1. The maximum atomic E-state index is 11.6. The van der Waals surface area contributed by atoms with Crippen molar-refractivity contribution in [3.63, 3.8) is 0 Å². The van der Waals surface area contributed by atoms with E-state index in [0.717, 1.165) is 5.69 Å².